The Bertz CT molecular complexity index is 1170. The second-order valence-electron chi connectivity index (χ2n) is 6.52. The maximum Gasteiger partial charge on any atom is 0.147 e. The van der Waals surface area contributed by atoms with E-state index in [1.54, 1.807) is 36.7 Å². The van der Waals surface area contributed by atoms with Crippen molar-refractivity contribution < 1.29 is 9.50 Å². The van der Waals surface area contributed by atoms with E-state index < -0.39 is 11.9 Å². The molecule has 4 nitrogen and oxygen atoms in total. The minimum absolute atomic E-state index is 0.0115. The SMILES string of the molecule is Cc1ccnc(NC(c2cccc(Cl)c2F)c2ccc3cccnc3c2O)c1. The summed E-state index contributed by atoms with van der Waals surface area (Å²) in [7, 11) is 0. The largest absolute Gasteiger partial charge is 0.505 e. The molecule has 4 aromatic rings. The summed E-state index contributed by atoms with van der Waals surface area (Å²) >= 11 is 6.02. The molecule has 1 unspecified atom stereocenters. The highest BCUT2D eigenvalue weighted by Gasteiger charge is 2.24. The van der Waals surface area contributed by atoms with Crippen molar-refractivity contribution in [2.75, 3.05) is 5.32 Å². The summed E-state index contributed by atoms with van der Waals surface area (Å²) in [6, 6.07) is 15.1. The summed E-state index contributed by atoms with van der Waals surface area (Å²) in [5, 5.41) is 14.9. The number of aromatic nitrogens is 2. The Kier molecular flexibility index (Phi) is 4.84. The normalized spacial score (nSPS) is 12.1. The molecule has 0 saturated carbocycles. The van der Waals surface area contributed by atoms with Crippen LogP contribution in [0.15, 0.2) is 67.0 Å². The monoisotopic (exact) mass is 393 g/mol. The molecule has 0 aliphatic carbocycles. The van der Waals surface area contributed by atoms with Gasteiger partial charge in [0.05, 0.1) is 11.1 Å². The van der Waals surface area contributed by atoms with Gasteiger partial charge in [-0.2, -0.15) is 0 Å². The van der Waals surface area contributed by atoms with Crippen LogP contribution in [0.3, 0.4) is 0 Å². The average Bonchev–Trinajstić information content (AvgIpc) is 2.69. The molecule has 0 saturated heterocycles. The number of aryl methyl sites for hydroxylation is 1. The summed E-state index contributed by atoms with van der Waals surface area (Å²) in [6.07, 6.45) is 3.28. The summed E-state index contributed by atoms with van der Waals surface area (Å²) in [4.78, 5) is 8.58. The van der Waals surface area contributed by atoms with Crippen LogP contribution in [0.4, 0.5) is 10.2 Å². The molecular weight excluding hydrogens is 377 g/mol. The van der Waals surface area contributed by atoms with Gasteiger partial charge in [-0.3, -0.25) is 4.98 Å². The number of anilines is 1. The number of hydrogen-bond donors (Lipinski definition) is 2. The third kappa shape index (κ3) is 3.37. The highest BCUT2D eigenvalue weighted by Crippen LogP contribution is 2.38. The van der Waals surface area contributed by atoms with Gasteiger partial charge in [-0.15, -0.1) is 0 Å². The Balaban J connectivity index is 1.90. The molecular formula is C22H17ClFN3O. The van der Waals surface area contributed by atoms with Crippen LogP contribution in [0.5, 0.6) is 5.75 Å². The van der Waals surface area contributed by atoms with Crippen molar-refractivity contribution in [2.24, 2.45) is 0 Å². The lowest BCUT2D eigenvalue weighted by Crippen LogP contribution is -2.15. The number of hydrogen-bond acceptors (Lipinski definition) is 4. The van der Waals surface area contributed by atoms with E-state index in [1.807, 2.05) is 31.2 Å². The highest BCUT2D eigenvalue weighted by molar-refractivity contribution is 6.30. The Morgan fingerprint density at radius 1 is 1.00 bits per heavy atom. The Morgan fingerprint density at radius 2 is 1.86 bits per heavy atom. The molecule has 0 aliphatic heterocycles. The van der Waals surface area contributed by atoms with Gasteiger partial charge in [0, 0.05) is 28.9 Å². The lowest BCUT2D eigenvalue weighted by molar-refractivity contribution is 0.471. The standard InChI is InChI=1S/C22H17ClFN3O/c1-13-9-11-25-18(12-13)27-21(15-5-2-6-17(23)19(15)24)16-8-7-14-4-3-10-26-20(14)22(16)28/h2-12,21,28H,1H3,(H,25,27). The summed E-state index contributed by atoms with van der Waals surface area (Å²) < 4.78 is 14.9. The fraction of sp³-hybridized carbons (Fsp3) is 0.0909. The molecule has 0 amide bonds. The first-order valence-electron chi connectivity index (χ1n) is 8.74. The third-order valence-electron chi connectivity index (χ3n) is 4.59. The number of fused-ring (bicyclic) bond motifs is 1. The molecule has 0 bridgehead atoms. The number of halogens is 2. The fourth-order valence-corrected chi connectivity index (χ4v) is 3.39. The zero-order valence-corrected chi connectivity index (χ0v) is 15.8. The molecule has 0 radical (unpaired) electrons. The second kappa shape index (κ2) is 7.44. The molecule has 1 atom stereocenters. The van der Waals surface area contributed by atoms with E-state index in [0.717, 1.165) is 10.9 Å². The Hall–Kier alpha value is -3.18. The zero-order valence-electron chi connectivity index (χ0n) is 15.0. The number of phenolic OH excluding ortho intramolecular Hbond substituents is 1. The van der Waals surface area contributed by atoms with E-state index in [4.69, 9.17) is 11.6 Å². The highest BCUT2D eigenvalue weighted by atomic mass is 35.5. The number of nitrogens with zero attached hydrogens (tertiary/aromatic N) is 2. The predicted octanol–water partition coefficient (Wildman–Crippen LogP) is 5.64. The van der Waals surface area contributed by atoms with E-state index in [9.17, 15) is 9.50 Å². The first-order valence-corrected chi connectivity index (χ1v) is 9.12. The smallest absolute Gasteiger partial charge is 0.147 e. The minimum Gasteiger partial charge on any atom is -0.505 e. The quantitative estimate of drug-likeness (QED) is 0.471. The van der Waals surface area contributed by atoms with Crippen LogP contribution in [0.25, 0.3) is 10.9 Å². The van der Waals surface area contributed by atoms with Crippen molar-refractivity contribution >= 4 is 28.3 Å². The molecule has 0 fully saturated rings. The van der Waals surface area contributed by atoms with Gasteiger partial charge in [0.1, 0.15) is 22.9 Å². The zero-order chi connectivity index (χ0) is 19.7. The summed E-state index contributed by atoms with van der Waals surface area (Å²) in [6.45, 7) is 1.94. The molecule has 2 aromatic heterocycles. The van der Waals surface area contributed by atoms with Crippen LogP contribution in [0, 0.1) is 12.7 Å². The van der Waals surface area contributed by atoms with Gasteiger partial charge in [0.15, 0.2) is 0 Å². The molecule has 4 rings (SSSR count). The predicted molar refractivity (Wildman–Crippen MR) is 109 cm³/mol. The molecule has 2 N–H and O–H groups in total. The van der Waals surface area contributed by atoms with Crippen molar-refractivity contribution in [3.8, 4) is 5.75 Å². The Labute approximate surface area is 166 Å². The van der Waals surface area contributed by atoms with Crippen molar-refractivity contribution in [3.05, 3.63) is 94.5 Å². The molecule has 2 aromatic carbocycles. The number of benzene rings is 2. The molecule has 0 aliphatic rings. The van der Waals surface area contributed by atoms with Gasteiger partial charge in [0.2, 0.25) is 0 Å². The number of phenols is 1. The van der Waals surface area contributed by atoms with Gasteiger partial charge in [-0.1, -0.05) is 41.9 Å². The average molecular weight is 394 g/mol. The molecule has 6 heteroatoms. The Morgan fingerprint density at radius 3 is 2.68 bits per heavy atom. The van der Waals surface area contributed by atoms with E-state index in [2.05, 4.69) is 15.3 Å². The van der Waals surface area contributed by atoms with E-state index in [1.165, 1.54) is 6.07 Å². The molecule has 2 heterocycles. The third-order valence-corrected chi connectivity index (χ3v) is 4.88. The van der Waals surface area contributed by atoms with Crippen molar-refractivity contribution in [2.45, 2.75) is 13.0 Å². The number of rotatable bonds is 4. The molecule has 28 heavy (non-hydrogen) atoms. The van der Waals surface area contributed by atoms with E-state index in [0.29, 0.717) is 22.5 Å². The van der Waals surface area contributed by atoms with Gasteiger partial charge in [-0.25, -0.2) is 9.37 Å². The molecule has 140 valence electrons. The minimum atomic E-state index is -0.709. The van der Waals surface area contributed by atoms with Crippen LogP contribution in [0.2, 0.25) is 5.02 Å². The fourth-order valence-electron chi connectivity index (χ4n) is 3.21. The van der Waals surface area contributed by atoms with Crippen molar-refractivity contribution in [3.63, 3.8) is 0 Å². The maximum absolute atomic E-state index is 14.9. The van der Waals surface area contributed by atoms with E-state index >= 15 is 0 Å². The number of aromatic hydroxyl groups is 1. The van der Waals surface area contributed by atoms with Gasteiger partial charge >= 0.3 is 0 Å². The van der Waals surface area contributed by atoms with Gasteiger partial charge in [0.25, 0.3) is 0 Å². The topological polar surface area (TPSA) is 58.0 Å². The first kappa shape index (κ1) is 18.2. The van der Waals surface area contributed by atoms with Crippen LogP contribution in [0.1, 0.15) is 22.7 Å². The van der Waals surface area contributed by atoms with E-state index in [-0.39, 0.29) is 10.8 Å². The van der Waals surface area contributed by atoms with Crippen LogP contribution < -0.4 is 5.32 Å². The summed E-state index contributed by atoms with van der Waals surface area (Å²) in [5.41, 5.74) is 2.25. The first-order chi connectivity index (χ1) is 13.5. The van der Waals surface area contributed by atoms with Crippen molar-refractivity contribution in [1.82, 2.24) is 9.97 Å². The van der Waals surface area contributed by atoms with Gasteiger partial charge in [-0.05, 0) is 36.8 Å². The van der Waals surface area contributed by atoms with Crippen LogP contribution in [-0.4, -0.2) is 15.1 Å². The second-order valence-corrected chi connectivity index (χ2v) is 6.92. The summed E-state index contributed by atoms with van der Waals surface area (Å²) in [5.74, 6) is 0.00218. The maximum atomic E-state index is 14.9. The molecule has 0 spiro atoms. The van der Waals surface area contributed by atoms with Crippen LogP contribution in [-0.2, 0) is 0 Å². The number of nitrogens with one attached hydrogen (secondary N) is 1. The van der Waals surface area contributed by atoms with Gasteiger partial charge < -0.3 is 10.4 Å². The number of pyridine rings is 2. The van der Waals surface area contributed by atoms with Crippen LogP contribution >= 0.6 is 11.6 Å². The lowest BCUT2D eigenvalue weighted by atomic mass is 9.95. The lowest BCUT2D eigenvalue weighted by Gasteiger charge is -2.23. The van der Waals surface area contributed by atoms with Crippen molar-refractivity contribution in [1.29, 1.82) is 0 Å².